The van der Waals surface area contributed by atoms with Gasteiger partial charge in [-0.05, 0) is 44.2 Å². The highest BCUT2D eigenvalue weighted by Crippen LogP contribution is 2.38. The van der Waals surface area contributed by atoms with E-state index < -0.39 is 61.3 Å². The van der Waals surface area contributed by atoms with Gasteiger partial charge in [0.25, 0.3) is 5.91 Å². The van der Waals surface area contributed by atoms with Crippen molar-refractivity contribution in [2.45, 2.75) is 43.2 Å². The molecular formula is C28H23F6N5O4S. The van der Waals surface area contributed by atoms with Crippen LogP contribution in [0.25, 0.3) is 11.3 Å². The molecule has 4 rings (SSSR count). The fourth-order valence-electron chi connectivity index (χ4n) is 4.59. The predicted molar refractivity (Wildman–Crippen MR) is 145 cm³/mol. The second-order valence-corrected chi connectivity index (χ2v) is 12.3. The fourth-order valence-corrected chi connectivity index (χ4v) is 5.48. The zero-order valence-corrected chi connectivity index (χ0v) is 24.0. The van der Waals surface area contributed by atoms with Gasteiger partial charge in [-0.1, -0.05) is 18.2 Å². The minimum atomic E-state index is -4.92. The molecule has 0 bridgehead atoms. The fraction of sp³-hybridized carbons (Fsp3) is 0.286. The Balaban J connectivity index is 1.50. The Morgan fingerprint density at radius 2 is 1.59 bits per heavy atom. The van der Waals surface area contributed by atoms with Crippen LogP contribution < -0.4 is 4.90 Å². The molecular weight excluding hydrogens is 616 g/mol. The number of imide groups is 1. The second kappa shape index (κ2) is 11.1. The molecule has 0 aliphatic carbocycles. The average Bonchev–Trinajstić information content (AvgIpc) is 3.45. The minimum Gasteiger partial charge on any atom is -0.333 e. The van der Waals surface area contributed by atoms with Gasteiger partial charge in [0.1, 0.15) is 5.54 Å². The number of alkyl halides is 6. The lowest BCUT2D eigenvalue weighted by Crippen LogP contribution is -2.44. The maximum atomic E-state index is 13.5. The number of nitrogens with zero attached hydrogens (tertiary/aromatic N) is 5. The monoisotopic (exact) mass is 639 g/mol. The van der Waals surface area contributed by atoms with Gasteiger partial charge in [0.05, 0.1) is 45.4 Å². The van der Waals surface area contributed by atoms with Crippen molar-refractivity contribution in [3.05, 3.63) is 77.8 Å². The van der Waals surface area contributed by atoms with Gasteiger partial charge in [-0.25, -0.2) is 23.1 Å². The summed E-state index contributed by atoms with van der Waals surface area (Å²) in [5, 5.41) is 9.03. The van der Waals surface area contributed by atoms with Gasteiger partial charge in [-0.3, -0.25) is 4.79 Å². The number of rotatable bonds is 7. The van der Waals surface area contributed by atoms with Gasteiger partial charge >= 0.3 is 18.4 Å². The number of hydrogen-bond acceptors (Lipinski definition) is 6. The molecule has 0 atom stereocenters. The summed E-state index contributed by atoms with van der Waals surface area (Å²) in [5.74, 6) is -0.770. The van der Waals surface area contributed by atoms with E-state index in [0.717, 1.165) is 23.1 Å². The van der Waals surface area contributed by atoms with Crippen molar-refractivity contribution in [3.63, 3.8) is 0 Å². The number of imidazole rings is 1. The zero-order chi connectivity index (χ0) is 32.8. The number of nitriles is 1. The smallest absolute Gasteiger partial charge is 0.333 e. The van der Waals surface area contributed by atoms with Crippen LogP contribution in [-0.2, 0) is 33.5 Å². The van der Waals surface area contributed by atoms with Crippen LogP contribution in [0.4, 0.5) is 36.8 Å². The molecule has 1 saturated heterocycles. The summed E-state index contributed by atoms with van der Waals surface area (Å²) in [6.07, 6.45) is -3.26. The molecule has 0 spiro atoms. The van der Waals surface area contributed by atoms with Gasteiger partial charge in [0.15, 0.2) is 9.84 Å². The number of hydrogen-bond donors (Lipinski definition) is 0. The first-order chi connectivity index (χ1) is 20.3. The van der Waals surface area contributed by atoms with E-state index in [1.54, 1.807) is 6.08 Å². The summed E-state index contributed by atoms with van der Waals surface area (Å²) in [4.78, 5) is 31.3. The summed E-state index contributed by atoms with van der Waals surface area (Å²) < 4.78 is 106. The van der Waals surface area contributed by atoms with Gasteiger partial charge in [0, 0.05) is 31.1 Å². The number of sulfone groups is 1. The first-order valence-electron chi connectivity index (χ1n) is 12.6. The molecule has 0 radical (unpaired) electrons. The standard InChI is InChI=1S/C28H23F6N5O4S/c1-26(2)24(40)39(19-8-6-18(14-35)20(13-19)27(29,30)31)25(41)38(26)11-5-4-10-37-15-22(36-16-37)17-7-9-23(44(3,42)43)21(12-17)28(32,33)34/h4-9,12-13,15-16H,10-11H2,1-3H3. The van der Waals surface area contributed by atoms with E-state index in [1.165, 1.54) is 49.2 Å². The first kappa shape index (κ1) is 32.3. The SMILES string of the molecule is CC1(C)C(=O)N(c2ccc(C#N)c(C(F)(F)F)c2)C(=O)N1CC=CCn1cnc(-c2ccc(S(C)(=O)=O)c(C(F)(F)F)c2)c1. The van der Waals surface area contributed by atoms with E-state index in [4.69, 9.17) is 5.26 Å². The van der Waals surface area contributed by atoms with Crippen LogP contribution in [0.15, 0.2) is 66.0 Å². The quantitative estimate of drug-likeness (QED) is 0.187. The van der Waals surface area contributed by atoms with E-state index in [-0.39, 0.29) is 30.0 Å². The molecule has 9 nitrogen and oxygen atoms in total. The number of carbonyl (C=O) groups is 2. The zero-order valence-electron chi connectivity index (χ0n) is 23.2. The Kier molecular flexibility index (Phi) is 8.16. The molecule has 44 heavy (non-hydrogen) atoms. The van der Waals surface area contributed by atoms with Crippen LogP contribution >= 0.6 is 0 Å². The lowest BCUT2D eigenvalue weighted by atomic mass is 10.0. The van der Waals surface area contributed by atoms with Gasteiger partial charge in [0.2, 0.25) is 0 Å². The third kappa shape index (κ3) is 6.18. The summed E-state index contributed by atoms with van der Waals surface area (Å²) >= 11 is 0. The number of allylic oxidation sites excluding steroid dienone is 1. The predicted octanol–water partition coefficient (Wildman–Crippen LogP) is 5.67. The number of amides is 3. The molecule has 3 aromatic rings. The van der Waals surface area contributed by atoms with E-state index in [1.807, 2.05) is 0 Å². The van der Waals surface area contributed by atoms with Crippen molar-refractivity contribution in [2.24, 2.45) is 0 Å². The Bertz CT molecular complexity index is 1820. The summed E-state index contributed by atoms with van der Waals surface area (Å²) in [5.41, 5.74) is -4.85. The van der Waals surface area contributed by atoms with E-state index >= 15 is 0 Å². The van der Waals surface area contributed by atoms with Crippen LogP contribution in [0.2, 0.25) is 0 Å². The highest BCUT2D eigenvalue weighted by molar-refractivity contribution is 7.90. The Morgan fingerprint density at radius 1 is 0.955 bits per heavy atom. The third-order valence-corrected chi connectivity index (χ3v) is 8.05. The van der Waals surface area contributed by atoms with E-state index in [9.17, 15) is 44.3 Å². The van der Waals surface area contributed by atoms with Crippen LogP contribution in [-0.4, -0.2) is 53.1 Å². The Morgan fingerprint density at radius 3 is 2.18 bits per heavy atom. The molecule has 16 heteroatoms. The second-order valence-electron chi connectivity index (χ2n) is 10.3. The summed E-state index contributed by atoms with van der Waals surface area (Å²) in [6, 6.07) is 5.90. The van der Waals surface area contributed by atoms with Crippen LogP contribution in [0.1, 0.15) is 30.5 Å². The van der Waals surface area contributed by atoms with Crippen LogP contribution in [0.3, 0.4) is 0 Å². The molecule has 1 aliphatic rings. The number of benzene rings is 2. The molecule has 2 heterocycles. The highest BCUT2D eigenvalue weighted by Gasteiger charge is 2.51. The Labute approximate surface area is 247 Å². The summed E-state index contributed by atoms with van der Waals surface area (Å²) in [6.45, 7) is 2.90. The molecule has 232 valence electrons. The topological polar surface area (TPSA) is 116 Å². The lowest BCUT2D eigenvalue weighted by Gasteiger charge is -2.26. The lowest BCUT2D eigenvalue weighted by molar-refractivity contribution is -0.140. The third-order valence-electron chi connectivity index (χ3n) is 6.89. The largest absolute Gasteiger partial charge is 0.417 e. The molecule has 3 amide bonds. The number of urea groups is 1. The Hall–Kier alpha value is -4.65. The average molecular weight is 640 g/mol. The summed E-state index contributed by atoms with van der Waals surface area (Å²) in [7, 11) is -4.14. The normalized spacial score (nSPS) is 15.8. The minimum absolute atomic E-state index is 0.0342. The number of carbonyl (C=O) groups excluding carboxylic acids is 2. The van der Waals surface area contributed by atoms with Crippen molar-refractivity contribution < 1.29 is 44.3 Å². The number of halogens is 6. The molecule has 1 aliphatic heterocycles. The highest BCUT2D eigenvalue weighted by atomic mass is 32.2. The molecule has 2 aromatic carbocycles. The van der Waals surface area contributed by atoms with Crippen molar-refractivity contribution in [1.29, 1.82) is 5.26 Å². The van der Waals surface area contributed by atoms with Gasteiger partial charge < -0.3 is 9.47 Å². The molecule has 1 fully saturated rings. The van der Waals surface area contributed by atoms with Crippen molar-refractivity contribution in [1.82, 2.24) is 14.5 Å². The van der Waals surface area contributed by atoms with E-state index in [2.05, 4.69) is 4.98 Å². The maximum Gasteiger partial charge on any atom is 0.417 e. The molecule has 0 saturated carbocycles. The van der Waals surface area contributed by atoms with Crippen molar-refractivity contribution in [3.8, 4) is 17.3 Å². The van der Waals surface area contributed by atoms with E-state index in [0.29, 0.717) is 23.3 Å². The van der Waals surface area contributed by atoms with Crippen LogP contribution in [0, 0.1) is 11.3 Å². The van der Waals surface area contributed by atoms with Crippen LogP contribution in [0.5, 0.6) is 0 Å². The van der Waals surface area contributed by atoms with Crippen molar-refractivity contribution in [2.75, 3.05) is 17.7 Å². The first-order valence-corrected chi connectivity index (χ1v) is 14.5. The molecule has 0 unspecified atom stereocenters. The maximum absolute atomic E-state index is 13.5. The molecule has 1 aromatic heterocycles. The number of anilines is 1. The molecule has 0 N–H and O–H groups in total. The van der Waals surface area contributed by atoms with Crippen molar-refractivity contribution >= 4 is 27.5 Å². The van der Waals surface area contributed by atoms with Gasteiger partial charge in [-0.15, -0.1) is 0 Å². The van der Waals surface area contributed by atoms with Gasteiger partial charge in [-0.2, -0.15) is 31.6 Å². The number of aromatic nitrogens is 2.